The molecule has 4 rings (SSSR count). The van der Waals surface area contributed by atoms with Crippen molar-refractivity contribution < 1.29 is 14.0 Å². The molecule has 5 nitrogen and oxygen atoms in total. The van der Waals surface area contributed by atoms with Gasteiger partial charge in [0.2, 0.25) is 0 Å². The molecule has 26 heavy (non-hydrogen) atoms. The van der Waals surface area contributed by atoms with E-state index in [0.717, 1.165) is 37.1 Å². The van der Waals surface area contributed by atoms with Crippen LogP contribution in [0.4, 0.5) is 10.3 Å². The van der Waals surface area contributed by atoms with Crippen LogP contribution < -0.4 is 4.90 Å². The predicted molar refractivity (Wildman–Crippen MR) is 96.0 cm³/mol. The molecule has 1 aliphatic heterocycles. The van der Waals surface area contributed by atoms with Crippen molar-refractivity contribution in [2.75, 3.05) is 18.0 Å². The van der Waals surface area contributed by atoms with Crippen LogP contribution >= 0.6 is 0 Å². The number of halogens is 1. The van der Waals surface area contributed by atoms with E-state index in [1.54, 1.807) is 12.1 Å². The van der Waals surface area contributed by atoms with Crippen LogP contribution in [-0.4, -0.2) is 28.3 Å². The number of benzene rings is 2. The number of anilines is 1. The van der Waals surface area contributed by atoms with E-state index in [4.69, 9.17) is 4.52 Å². The summed E-state index contributed by atoms with van der Waals surface area (Å²) in [5, 5.41) is 14.6. The Balaban J connectivity index is 1.39. The maximum absolute atomic E-state index is 13.0. The number of rotatable bonds is 4. The molecule has 0 saturated carbocycles. The summed E-state index contributed by atoms with van der Waals surface area (Å²) >= 11 is 0. The van der Waals surface area contributed by atoms with Gasteiger partial charge in [0, 0.05) is 18.7 Å². The number of hydrogen-bond donors (Lipinski definition) is 1. The molecule has 3 aromatic rings. The van der Waals surface area contributed by atoms with Gasteiger partial charge in [-0.3, -0.25) is 0 Å². The molecule has 0 aliphatic carbocycles. The Hall–Kier alpha value is -2.73. The Bertz CT molecular complexity index is 843. The van der Waals surface area contributed by atoms with Gasteiger partial charge in [-0.2, -0.15) is 4.98 Å². The molecule has 1 unspecified atom stereocenters. The molecule has 1 saturated heterocycles. The Morgan fingerprint density at radius 2 is 1.73 bits per heavy atom. The summed E-state index contributed by atoms with van der Waals surface area (Å²) in [5.41, 5.74) is 1.66. The van der Waals surface area contributed by atoms with Crippen molar-refractivity contribution >= 4 is 5.95 Å². The fraction of sp³-hybridized carbons (Fsp3) is 0.300. The minimum atomic E-state index is -0.581. The molecule has 2 heterocycles. The van der Waals surface area contributed by atoms with Crippen LogP contribution in [0.5, 0.6) is 0 Å². The Morgan fingerprint density at radius 1 is 1.04 bits per heavy atom. The van der Waals surface area contributed by atoms with Crippen molar-refractivity contribution in [1.29, 1.82) is 0 Å². The topological polar surface area (TPSA) is 62.4 Å². The number of aliphatic hydroxyl groups excluding tert-OH is 1. The maximum Gasteiger partial charge on any atom is 0.266 e. The van der Waals surface area contributed by atoms with Crippen molar-refractivity contribution in [3.8, 4) is 11.5 Å². The molecule has 0 spiro atoms. The van der Waals surface area contributed by atoms with E-state index in [2.05, 4.69) is 15.0 Å². The van der Waals surface area contributed by atoms with Gasteiger partial charge in [0.05, 0.1) is 6.10 Å². The summed E-state index contributed by atoms with van der Waals surface area (Å²) in [7, 11) is 0. The van der Waals surface area contributed by atoms with E-state index in [9.17, 15) is 9.50 Å². The zero-order valence-corrected chi connectivity index (χ0v) is 14.3. The molecule has 0 amide bonds. The first-order valence-electron chi connectivity index (χ1n) is 8.78. The SMILES string of the molecule is OC(c1ccc(F)cc1)C1CCN(c2noc(-c3ccccc3)n2)CC1. The number of piperidine rings is 1. The summed E-state index contributed by atoms with van der Waals surface area (Å²) in [5.74, 6) is 0.937. The van der Waals surface area contributed by atoms with Gasteiger partial charge in [0.15, 0.2) is 0 Å². The summed E-state index contributed by atoms with van der Waals surface area (Å²) < 4.78 is 18.4. The Labute approximate surface area is 151 Å². The molecule has 0 radical (unpaired) electrons. The highest BCUT2D eigenvalue weighted by molar-refractivity contribution is 5.54. The second-order valence-electron chi connectivity index (χ2n) is 6.59. The lowest BCUT2D eigenvalue weighted by Crippen LogP contribution is -2.36. The second kappa shape index (κ2) is 7.25. The average Bonchev–Trinajstić information content (AvgIpc) is 3.19. The minimum Gasteiger partial charge on any atom is -0.388 e. The van der Waals surface area contributed by atoms with Crippen LogP contribution in [-0.2, 0) is 0 Å². The van der Waals surface area contributed by atoms with Crippen molar-refractivity contribution in [2.24, 2.45) is 5.92 Å². The molecule has 0 bridgehead atoms. The standard InChI is InChI=1S/C20H20FN3O2/c21-17-8-6-14(7-9-17)18(25)15-10-12-24(13-11-15)20-22-19(26-23-20)16-4-2-1-3-5-16/h1-9,15,18,25H,10-13H2. The van der Waals surface area contributed by atoms with Gasteiger partial charge in [0.1, 0.15) is 5.82 Å². The first-order valence-corrected chi connectivity index (χ1v) is 8.78. The molecule has 6 heteroatoms. The normalized spacial score (nSPS) is 16.6. The van der Waals surface area contributed by atoms with E-state index >= 15 is 0 Å². The number of nitrogens with zero attached hydrogens (tertiary/aromatic N) is 3. The number of aromatic nitrogens is 2. The zero-order chi connectivity index (χ0) is 17.9. The molecule has 1 fully saturated rings. The smallest absolute Gasteiger partial charge is 0.266 e. The lowest BCUT2D eigenvalue weighted by Gasteiger charge is -2.33. The molecule has 1 atom stereocenters. The fourth-order valence-electron chi connectivity index (χ4n) is 3.39. The van der Waals surface area contributed by atoms with Crippen molar-refractivity contribution in [3.63, 3.8) is 0 Å². The third kappa shape index (κ3) is 3.46. The molecule has 2 aromatic carbocycles. The monoisotopic (exact) mass is 353 g/mol. The van der Waals surface area contributed by atoms with Gasteiger partial charge in [-0.1, -0.05) is 30.3 Å². The molecule has 1 aromatic heterocycles. The number of aliphatic hydroxyl groups is 1. The lowest BCUT2D eigenvalue weighted by molar-refractivity contribution is 0.0926. The number of hydrogen-bond acceptors (Lipinski definition) is 5. The second-order valence-corrected chi connectivity index (χ2v) is 6.59. The summed E-state index contributed by atoms with van der Waals surface area (Å²) in [6.07, 6.45) is 1.05. The van der Waals surface area contributed by atoms with Crippen molar-refractivity contribution in [2.45, 2.75) is 18.9 Å². The summed E-state index contributed by atoms with van der Waals surface area (Å²) in [4.78, 5) is 6.56. The Kier molecular flexibility index (Phi) is 4.67. The fourth-order valence-corrected chi connectivity index (χ4v) is 3.39. The first-order chi connectivity index (χ1) is 12.7. The van der Waals surface area contributed by atoms with Crippen LogP contribution in [0.1, 0.15) is 24.5 Å². The maximum atomic E-state index is 13.0. The minimum absolute atomic E-state index is 0.136. The zero-order valence-electron chi connectivity index (χ0n) is 14.3. The highest BCUT2D eigenvalue weighted by atomic mass is 19.1. The third-order valence-corrected chi connectivity index (χ3v) is 4.92. The van der Waals surface area contributed by atoms with E-state index in [1.165, 1.54) is 12.1 Å². The van der Waals surface area contributed by atoms with E-state index < -0.39 is 6.10 Å². The van der Waals surface area contributed by atoms with Gasteiger partial charge in [-0.15, -0.1) is 0 Å². The first kappa shape index (κ1) is 16.7. The van der Waals surface area contributed by atoms with Crippen LogP contribution in [0.15, 0.2) is 59.1 Å². The van der Waals surface area contributed by atoms with Gasteiger partial charge in [-0.25, -0.2) is 4.39 Å². The predicted octanol–water partition coefficient (Wildman–Crippen LogP) is 3.83. The lowest BCUT2D eigenvalue weighted by atomic mass is 9.87. The van der Waals surface area contributed by atoms with Gasteiger partial charge in [0.25, 0.3) is 11.8 Å². The molecular formula is C20H20FN3O2. The van der Waals surface area contributed by atoms with Crippen LogP contribution in [0.3, 0.4) is 0 Å². The van der Waals surface area contributed by atoms with E-state index in [0.29, 0.717) is 11.8 Å². The molecular weight excluding hydrogens is 333 g/mol. The molecule has 1 N–H and O–H groups in total. The van der Waals surface area contributed by atoms with Gasteiger partial charge in [-0.05, 0) is 53.7 Å². The highest BCUT2D eigenvalue weighted by Crippen LogP contribution is 2.32. The average molecular weight is 353 g/mol. The largest absolute Gasteiger partial charge is 0.388 e. The summed E-state index contributed by atoms with van der Waals surface area (Å²) in [6.45, 7) is 1.49. The van der Waals surface area contributed by atoms with Crippen LogP contribution in [0, 0.1) is 11.7 Å². The van der Waals surface area contributed by atoms with Crippen LogP contribution in [0.25, 0.3) is 11.5 Å². The Morgan fingerprint density at radius 3 is 2.42 bits per heavy atom. The molecule has 134 valence electrons. The van der Waals surface area contributed by atoms with Crippen molar-refractivity contribution in [3.05, 3.63) is 66.0 Å². The van der Waals surface area contributed by atoms with Gasteiger partial charge < -0.3 is 14.5 Å². The van der Waals surface area contributed by atoms with Crippen molar-refractivity contribution in [1.82, 2.24) is 10.1 Å². The van der Waals surface area contributed by atoms with E-state index in [1.807, 2.05) is 30.3 Å². The van der Waals surface area contributed by atoms with Gasteiger partial charge >= 0.3 is 0 Å². The highest BCUT2D eigenvalue weighted by Gasteiger charge is 2.28. The quantitative estimate of drug-likeness (QED) is 0.772. The molecule has 1 aliphatic rings. The third-order valence-electron chi connectivity index (χ3n) is 4.92. The summed E-state index contributed by atoms with van der Waals surface area (Å²) in [6, 6.07) is 15.7. The van der Waals surface area contributed by atoms with Crippen LogP contribution in [0.2, 0.25) is 0 Å². The van der Waals surface area contributed by atoms with E-state index in [-0.39, 0.29) is 11.7 Å².